The van der Waals surface area contributed by atoms with E-state index in [-0.39, 0.29) is 11.8 Å². The summed E-state index contributed by atoms with van der Waals surface area (Å²) in [5.74, 6) is 2.34. The number of aromatic nitrogens is 4. The molecule has 2 heterocycles. The lowest BCUT2D eigenvalue weighted by Gasteiger charge is -2.28. The standard InChI is InChI=1S/C25H32N6O2/c1-16-28-17(2)31(30-16)13-12-24(32)27-15-18-8-10-19(11-9-18)23-14-21(25(33)26-3)20-6-4-5-7-22(20)29-23/h4-7,14,18-19H,8-13,15H2,1-3H3,(H,26,33)(H,27,32). The lowest BCUT2D eigenvalue weighted by atomic mass is 9.80. The van der Waals surface area contributed by atoms with Crippen LogP contribution >= 0.6 is 0 Å². The topological polar surface area (TPSA) is 102 Å². The molecule has 33 heavy (non-hydrogen) atoms. The smallest absolute Gasteiger partial charge is 0.251 e. The summed E-state index contributed by atoms with van der Waals surface area (Å²) in [5.41, 5.74) is 2.54. The minimum Gasteiger partial charge on any atom is -0.356 e. The number of hydrogen-bond acceptors (Lipinski definition) is 5. The minimum absolute atomic E-state index is 0.0519. The van der Waals surface area contributed by atoms with E-state index < -0.39 is 0 Å². The van der Waals surface area contributed by atoms with Gasteiger partial charge in [0.25, 0.3) is 5.91 Å². The van der Waals surface area contributed by atoms with E-state index in [9.17, 15) is 9.59 Å². The molecule has 1 aromatic carbocycles. The van der Waals surface area contributed by atoms with E-state index in [0.717, 1.165) is 53.9 Å². The Morgan fingerprint density at radius 2 is 1.85 bits per heavy atom. The zero-order valence-corrected chi connectivity index (χ0v) is 19.6. The molecule has 2 amide bonds. The maximum absolute atomic E-state index is 12.4. The third-order valence-electron chi connectivity index (χ3n) is 6.57. The highest BCUT2D eigenvalue weighted by atomic mass is 16.2. The molecule has 2 aromatic heterocycles. The van der Waals surface area contributed by atoms with Crippen LogP contribution in [0.1, 0.15) is 65.7 Å². The van der Waals surface area contributed by atoms with E-state index in [1.807, 2.05) is 44.2 Å². The molecule has 1 aliphatic carbocycles. The number of nitrogens with zero attached hydrogens (tertiary/aromatic N) is 4. The average Bonchev–Trinajstić information content (AvgIpc) is 3.17. The zero-order valence-electron chi connectivity index (χ0n) is 19.6. The summed E-state index contributed by atoms with van der Waals surface area (Å²) in [5, 5.41) is 11.0. The Morgan fingerprint density at radius 1 is 1.09 bits per heavy atom. The molecule has 8 nitrogen and oxygen atoms in total. The van der Waals surface area contributed by atoms with Gasteiger partial charge in [-0.15, -0.1) is 0 Å². The SMILES string of the molecule is CNC(=O)c1cc(C2CCC(CNC(=O)CCn3nc(C)nc3C)CC2)nc2ccccc12. The Hall–Kier alpha value is -3.29. The molecule has 3 aromatic rings. The fourth-order valence-electron chi connectivity index (χ4n) is 4.72. The van der Waals surface area contributed by atoms with Crippen molar-refractivity contribution < 1.29 is 9.59 Å². The van der Waals surface area contributed by atoms with Crippen molar-refractivity contribution in [2.75, 3.05) is 13.6 Å². The van der Waals surface area contributed by atoms with Crippen LogP contribution in [0, 0.1) is 19.8 Å². The molecule has 0 radical (unpaired) electrons. The number of hydrogen-bond donors (Lipinski definition) is 2. The van der Waals surface area contributed by atoms with E-state index in [4.69, 9.17) is 4.98 Å². The molecular formula is C25H32N6O2. The van der Waals surface area contributed by atoms with Gasteiger partial charge in [-0.3, -0.25) is 14.6 Å². The monoisotopic (exact) mass is 448 g/mol. The molecule has 0 bridgehead atoms. The van der Waals surface area contributed by atoms with Crippen molar-refractivity contribution in [3.63, 3.8) is 0 Å². The summed E-state index contributed by atoms with van der Waals surface area (Å²) in [6.07, 6.45) is 4.50. The van der Waals surface area contributed by atoms with Crippen molar-refractivity contribution in [2.45, 2.75) is 58.4 Å². The van der Waals surface area contributed by atoms with Gasteiger partial charge in [0.15, 0.2) is 0 Å². The van der Waals surface area contributed by atoms with Crippen LogP contribution in [0.5, 0.6) is 0 Å². The van der Waals surface area contributed by atoms with E-state index in [0.29, 0.717) is 36.9 Å². The van der Waals surface area contributed by atoms with E-state index in [1.54, 1.807) is 11.7 Å². The van der Waals surface area contributed by atoms with Gasteiger partial charge < -0.3 is 10.6 Å². The van der Waals surface area contributed by atoms with Crippen LogP contribution in [0.25, 0.3) is 10.9 Å². The van der Waals surface area contributed by atoms with Crippen molar-refractivity contribution in [3.05, 3.63) is 53.2 Å². The molecule has 0 aliphatic heterocycles. The second-order valence-electron chi connectivity index (χ2n) is 8.89. The molecule has 0 saturated heterocycles. The first-order valence-corrected chi connectivity index (χ1v) is 11.7. The highest BCUT2D eigenvalue weighted by molar-refractivity contribution is 6.06. The highest BCUT2D eigenvalue weighted by Crippen LogP contribution is 2.36. The van der Waals surface area contributed by atoms with Gasteiger partial charge in [0.2, 0.25) is 5.91 Å². The molecule has 1 aliphatic rings. The Balaban J connectivity index is 1.31. The maximum atomic E-state index is 12.4. The number of para-hydroxylation sites is 1. The normalized spacial score (nSPS) is 18.3. The lowest BCUT2D eigenvalue weighted by molar-refractivity contribution is -0.121. The van der Waals surface area contributed by atoms with Crippen LogP contribution < -0.4 is 10.6 Å². The predicted molar refractivity (Wildman–Crippen MR) is 127 cm³/mol. The van der Waals surface area contributed by atoms with Crippen LogP contribution in [0.15, 0.2) is 30.3 Å². The minimum atomic E-state index is -0.0810. The molecule has 4 rings (SSSR count). The fraction of sp³-hybridized carbons (Fsp3) is 0.480. The second-order valence-corrected chi connectivity index (χ2v) is 8.89. The molecule has 2 N–H and O–H groups in total. The zero-order chi connectivity index (χ0) is 23.4. The molecule has 174 valence electrons. The van der Waals surface area contributed by atoms with Crippen LogP contribution in [-0.2, 0) is 11.3 Å². The van der Waals surface area contributed by atoms with Crippen LogP contribution in [0.3, 0.4) is 0 Å². The molecular weight excluding hydrogens is 416 g/mol. The quantitative estimate of drug-likeness (QED) is 0.578. The van der Waals surface area contributed by atoms with E-state index in [1.165, 1.54) is 0 Å². The Labute approximate surface area is 194 Å². The van der Waals surface area contributed by atoms with Gasteiger partial charge in [-0.2, -0.15) is 5.10 Å². The largest absolute Gasteiger partial charge is 0.356 e. The molecule has 0 unspecified atom stereocenters. The Bertz CT molecular complexity index is 1150. The van der Waals surface area contributed by atoms with Crippen molar-refractivity contribution in [3.8, 4) is 0 Å². The molecule has 0 spiro atoms. The molecule has 0 atom stereocenters. The third-order valence-corrected chi connectivity index (χ3v) is 6.57. The van der Waals surface area contributed by atoms with Gasteiger partial charge in [0, 0.05) is 37.0 Å². The number of rotatable bonds is 7. The number of benzene rings is 1. The number of carbonyl (C=O) groups is 2. The van der Waals surface area contributed by atoms with Gasteiger partial charge in [0.05, 0.1) is 17.6 Å². The Morgan fingerprint density at radius 3 is 2.55 bits per heavy atom. The highest BCUT2D eigenvalue weighted by Gasteiger charge is 2.25. The van der Waals surface area contributed by atoms with Crippen LogP contribution in [-0.4, -0.2) is 45.2 Å². The van der Waals surface area contributed by atoms with Crippen LogP contribution in [0.4, 0.5) is 0 Å². The van der Waals surface area contributed by atoms with Gasteiger partial charge in [-0.25, -0.2) is 9.67 Å². The lowest BCUT2D eigenvalue weighted by Crippen LogP contribution is -2.31. The average molecular weight is 449 g/mol. The number of aryl methyl sites for hydroxylation is 3. The van der Waals surface area contributed by atoms with Crippen molar-refractivity contribution >= 4 is 22.7 Å². The van der Waals surface area contributed by atoms with E-state index >= 15 is 0 Å². The van der Waals surface area contributed by atoms with Gasteiger partial charge in [-0.05, 0) is 57.6 Å². The van der Waals surface area contributed by atoms with Gasteiger partial charge in [-0.1, -0.05) is 18.2 Å². The fourth-order valence-corrected chi connectivity index (χ4v) is 4.72. The van der Waals surface area contributed by atoms with Crippen molar-refractivity contribution in [1.29, 1.82) is 0 Å². The first kappa shape index (κ1) is 22.9. The number of fused-ring (bicyclic) bond motifs is 1. The van der Waals surface area contributed by atoms with E-state index in [2.05, 4.69) is 20.7 Å². The molecule has 8 heteroatoms. The summed E-state index contributed by atoms with van der Waals surface area (Å²) in [6.45, 7) is 5.01. The summed E-state index contributed by atoms with van der Waals surface area (Å²) in [6, 6.07) is 9.76. The summed E-state index contributed by atoms with van der Waals surface area (Å²) < 4.78 is 1.78. The molecule has 1 saturated carbocycles. The number of carbonyl (C=O) groups excluding carboxylic acids is 2. The van der Waals surface area contributed by atoms with Gasteiger partial charge in [0.1, 0.15) is 11.6 Å². The third kappa shape index (κ3) is 5.38. The first-order chi connectivity index (χ1) is 15.9. The summed E-state index contributed by atoms with van der Waals surface area (Å²) in [4.78, 5) is 33.9. The second kappa shape index (κ2) is 10.1. The van der Waals surface area contributed by atoms with Crippen LogP contribution in [0.2, 0.25) is 0 Å². The van der Waals surface area contributed by atoms with Crippen molar-refractivity contribution in [2.24, 2.45) is 5.92 Å². The summed E-state index contributed by atoms with van der Waals surface area (Å²) in [7, 11) is 1.66. The Kier molecular flexibility index (Phi) is 7.01. The number of nitrogens with one attached hydrogen (secondary N) is 2. The molecule has 1 fully saturated rings. The van der Waals surface area contributed by atoms with Crippen molar-refractivity contribution in [1.82, 2.24) is 30.4 Å². The summed E-state index contributed by atoms with van der Waals surface area (Å²) >= 11 is 0. The predicted octanol–water partition coefficient (Wildman–Crippen LogP) is 3.28. The maximum Gasteiger partial charge on any atom is 0.251 e. The number of pyridine rings is 1. The first-order valence-electron chi connectivity index (χ1n) is 11.7. The van der Waals surface area contributed by atoms with Gasteiger partial charge >= 0.3 is 0 Å². The number of amides is 2.